The largest absolute Gasteiger partial charge is 0.490 e. The molecule has 0 aliphatic rings. The van der Waals surface area contributed by atoms with Crippen molar-refractivity contribution in [2.45, 2.75) is 0 Å². The van der Waals surface area contributed by atoms with Crippen LogP contribution in [0.3, 0.4) is 0 Å². The smallest absolute Gasteiger partial charge is 0.311 e. The molecule has 98 valence electrons. The van der Waals surface area contributed by atoms with E-state index in [4.69, 9.17) is 4.74 Å². The Morgan fingerprint density at radius 3 is 3.05 bits per heavy atom. The van der Waals surface area contributed by atoms with Crippen molar-refractivity contribution in [1.29, 1.82) is 0 Å². The number of nitro groups is 1. The number of nitro benzene ring substituents is 1. The molecule has 2 aromatic rings. The molecule has 8 heteroatoms. The van der Waals surface area contributed by atoms with E-state index in [2.05, 4.69) is 15.5 Å². The van der Waals surface area contributed by atoms with Crippen molar-refractivity contribution in [3.63, 3.8) is 0 Å². The molecule has 0 atom stereocenters. The first kappa shape index (κ1) is 13.0. The standard InChI is InChI=1S/C11H10N4O3S/c1-18-10-3-2-8(6-9(10)15(16)17)7-13-14-11-12-4-5-19-11/h2-7H,1H3,(H,12,14). The maximum atomic E-state index is 10.9. The summed E-state index contributed by atoms with van der Waals surface area (Å²) in [5.74, 6) is 0.218. The molecular weight excluding hydrogens is 268 g/mol. The lowest BCUT2D eigenvalue weighted by Crippen LogP contribution is -1.96. The third-order valence-electron chi connectivity index (χ3n) is 2.21. The van der Waals surface area contributed by atoms with Crippen LogP contribution in [-0.2, 0) is 0 Å². The number of benzene rings is 1. The first-order valence-electron chi connectivity index (χ1n) is 5.21. The number of hydrogen-bond acceptors (Lipinski definition) is 7. The average Bonchev–Trinajstić information content (AvgIpc) is 2.91. The van der Waals surface area contributed by atoms with Gasteiger partial charge >= 0.3 is 5.69 Å². The van der Waals surface area contributed by atoms with Crippen molar-refractivity contribution in [2.75, 3.05) is 12.5 Å². The van der Waals surface area contributed by atoms with Crippen molar-refractivity contribution < 1.29 is 9.66 Å². The van der Waals surface area contributed by atoms with Gasteiger partial charge in [-0.1, -0.05) is 0 Å². The molecule has 0 aliphatic carbocycles. The van der Waals surface area contributed by atoms with E-state index in [9.17, 15) is 10.1 Å². The summed E-state index contributed by atoms with van der Waals surface area (Å²) in [5, 5.41) is 17.3. The van der Waals surface area contributed by atoms with E-state index in [0.29, 0.717) is 10.7 Å². The summed E-state index contributed by atoms with van der Waals surface area (Å²) in [6.07, 6.45) is 3.13. The Morgan fingerprint density at radius 2 is 2.42 bits per heavy atom. The van der Waals surface area contributed by atoms with Gasteiger partial charge in [0.1, 0.15) is 0 Å². The Balaban J connectivity index is 2.14. The molecule has 0 saturated carbocycles. The van der Waals surface area contributed by atoms with Crippen LogP contribution in [0, 0.1) is 10.1 Å². The number of hydrazone groups is 1. The highest BCUT2D eigenvalue weighted by molar-refractivity contribution is 7.13. The molecular formula is C11H10N4O3S. The highest BCUT2D eigenvalue weighted by atomic mass is 32.1. The number of anilines is 1. The van der Waals surface area contributed by atoms with Crippen molar-refractivity contribution in [3.05, 3.63) is 45.5 Å². The van der Waals surface area contributed by atoms with Gasteiger partial charge in [0.15, 0.2) is 5.75 Å². The normalized spacial score (nSPS) is 10.6. The number of nitrogens with one attached hydrogen (secondary N) is 1. The van der Waals surface area contributed by atoms with E-state index in [1.165, 1.54) is 36.8 Å². The van der Waals surface area contributed by atoms with Crippen molar-refractivity contribution >= 4 is 28.4 Å². The van der Waals surface area contributed by atoms with Crippen LogP contribution in [0.1, 0.15) is 5.56 Å². The number of nitrogens with zero attached hydrogens (tertiary/aromatic N) is 3. The second-order valence-electron chi connectivity index (χ2n) is 3.40. The fourth-order valence-electron chi connectivity index (χ4n) is 1.37. The molecule has 0 bridgehead atoms. The molecule has 0 unspecified atom stereocenters. The summed E-state index contributed by atoms with van der Waals surface area (Å²) in [5.41, 5.74) is 3.22. The van der Waals surface area contributed by atoms with Gasteiger partial charge in [-0.25, -0.2) is 4.98 Å². The first-order chi connectivity index (χ1) is 9.20. The lowest BCUT2D eigenvalue weighted by atomic mass is 10.2. The molecule has 0 amide bonds. The van der Waals surface area contributed by atoms with Crippen LogP contribution in [0.5, 0.6) is 5.75 Å². The molecule has 1 heterocycles. The monoisotopic (exact) mass is 278 g/mol. The van der Waals surface area contributed by atoms with Crippen molar-refractivity contribution in [2.24, 2.45) is 5.10 Å². The third-order valence-corrected chi connectivity index (χ3v) is 2.88. The number of rotatable bonds is 5. The van der Waals surface area contributed by atoms with Crippen molar-refractivity contribution in [3.8, 4) is 5.75 Å². The van der Waals surface area contributed by atoms with Crippen LogP contribution >= 0.6 is 11.3 Å². The van der Waals surface area contributed by atoms with Crippen molar-refractivity contribution in [1.82, 2.24) is 4.98 Å². The summed E-state index contributed by atoms with van der Waals surface area (Å²) in [6, 6.07) is 4.60. The lowest BCUT2D eigenvalue weighted by Gasteiger charge is -2.01. The summed E-state index contributed by atoms with van der Waals surface area (Å²) in [7, 11) is 1.39. The molecule has 0 saturated heterocycles. The Morgan fingerprint density at radius 1 is 1.58 bits per heavy atom. The van der Waals surface area contributed by atoms with Crippen LogP contribution in [0.25, 0.3) is 0 Å². The number of methoxy groups -OCH3 is 1. The number of thiazole rings is 1. The fourth-order valence-corrected chi connectivity index (χ4v) is 1.85. The quantitative estimate of drug-likeness (QED) is 0.515. The maximum Gasteiger partial charge on any atom is 0.311 e. The third kappa shape index (κ3) is 3.26. The second-order valence-corrected chi connectivity index (χ2v) is 4.29. The summed E-state index contributed by atoms with van der Waals surface area (Å²) in [4.78, 5) is 14.3. The molecule has 1 aromatic heterocycles. The second kappa shape index (κ2) is 5.91. The van der Waals surface area contributed by atoms with Crippen LogP contribution in [0.15, 0.2) is 34.9 Å². The zero-order valence-electron chi connectivity index (χ0n) is 9.94. The number of ether oxygens (including phenoxy) is 1. The Bertz CT molecular complexity index is 598. The van der Waals surface area contributed by atoms with Crippen LogP contribution in [-0.4, -0.2) is 23.2 Å². The highest BCUT2D eigenvalue weighted by Gasteiger charge is 2.14. The lowest BCUT2D eigenvalue weighted by molar-refractivity contribution is -0.385. The first-order valence-corrected chi connectivity index (χ1v) is 6.09. The number of hydrogen-bond donors (Lipinski definition) is 1. The zero-order valence-corrected chi connectivity index (χ0v) is 10.8. The summed E-state index contributed by atoms with van der Waals surface area (Å²) < 4.78 is 4.91. The van der Waals surface area contributed by atoms with E-state index in [1.54, 1.807) is 12.3 Å². The Labute approximate surface area is 112 Å². The van der Waals surface area contributed by atoms with E-state index < -0.39 is 4.92 Å². The average molecular weight is 278 g/mol. The van der Waals surface area contributed by atoms with Gasteiger partial charge in [-0.2, -0.15) is 5.10 Å². The van der Waals surface area contributed by atoms with E-state index in [-0.39, 0.29) is 11.4 Å². The minimum Gasteiger partial charge on any atom is -0.490 e. The van der Waals surface area contributed by atoms with E-state index >= 15 is 0 Å². The minimum atomic E-state index is -0.496. The van der Waals surface area contributed by atoms with Crippen LogP contribution in [0.2, 0.25) is 0 Å². The van der Waals surface area contributed by atoms with Gasteiger partial charge in [0.2, 0.25) is 5.13 Å². The van der Waals surface area contributed by atoms with Gasteiger partial charge in [-0.3, -0.25) is 15.5 Å². The van der Waals surface area contributed by atoms with Gasteiger partial charge in [0, 0.05) is 23.2 Å². The van der Waals surface area contributed by atoms with Gasteiger partial charge < -0.3 is 4.74 Å². The van der Waals surface area contributed by atoms with E-state index in [0.717, 1.165) is 0 Å². The molecule has 1 N–H and O–H groups in total. The van der Waals surface area contributed by atoms with Gasteiger partial charge in [-0.15, -0.1) is 11.3 Å². The van der Waals surface area contributed by atoms with Crippen LogP contribution in [0.4, 0.5) is 10.8 Å². The predicted molar refractivity (Wildman–Crippen MR) is 73.0 cm³/mol. The number of aromatic nitrogens is 1. The Hall–Kier alpha value is -2.48. The molecule has 0 fully saturated rings. The SMILES string of the molecule is COc1ccc(C=NNc2nccs2)cc1[N+](=O)[O-]. The molecule has 0 spiro atoms. The van der Waals surface area contributed by atoms with Gasteiger partial charge in [0.05, 0.1) is 18.2 Å². The topological polar surface area (TPSA) is 89.7 Å². The predicted octanol–water partition coefficient (Wildman–Crippen LogP) is 2.51. The molecule has 1 aromatic carbocycles. The minimum absolute atomic E-state index is 0.0966. The fraction of sp³-hybridized carbons (Fsp3) is 0.0909. The molecule has 2 rings (SSSR count). The van der Waals surface area contributed by atoms with Crippen LogP contribution < -0.4 is 10.2 Å². The Kier molecular flexibility index (Phi) is 4.04. The molecule has 0 aliphatic heterocycles. The molecule has 0 radical (unpaired) electrons. The van der Waals surface area contributed by atoms with Gasteiger partial charge in [-0.05, 0) is 12.1 Å². The maximum absolute atomic E-state index is 10.9. The van der Waals surface area contributed by atoms with Gasteiger partial charge in [0.25, 0.3) is 0 Å². The molecule has 19 heavy (non-hydrogen) atoms. The summed E-state index contributed by atoms with van der Waals surface area (Å²) in [6.45, 7) is 0. The summed E-state index contributed by atoms with van der Waals surface area (Å²) >= 11 is 1.41. The zero-order chi connectivity index (χ0) is 13.7. The molecule has 7 nitrogen and oxygen atoms in total. The highest BCUT2D eigenvalue weighted by Crippen LogP contribution is 2.26. The van der Waals surface area contributed by atoms with E-state index in [1.807, 2.05) is 5.38 Å².